The molecule has 0 amide bonds. The van der Waals surface area contributed by atoms with E-state index in [1.165, 1.54) is 18.4 Å². The maximum Gasteiger partial charge on any atom is -0.0130 e. The summed E-state index contributed by atoms with van der Waals surface area (Å²) in [6, 6.07) is 0. The van der Waals surface area contributed by atoms with Crippen LogP contribution in [0.5, 0.6) is 0 Å². The zero-order valence-electron chi connectivity index (χ0n) is 7.66. The lowest BCUT2D eigenvalue weighted by Gasteiger charge is -2.16. The fourth-order valence-corrected chi connectivity index (χ4v) is 1.47. The van der Waals surface area contributed by atoms with Gasteiger partial charge in [0, 0.05) is 0 Å². The maximum atomic E-state index is 3.66. The molecule has 1 atom stereocenters. The summed E-state index contributed by atoms with van der Waals surface area (Å²) in [6.07, 6.45) is 15.0. The van der Waals surface area contributed by atoms with Gasteiger partial charge in [-0.1, -0.05) is 50.0 Å². The summed E-state index contributed by atoms with van der Waals surface area (Å²) in [7, 11) is 0. The Balaban J connectivity index is 2.69. The van der Waals surface area contributed by atoms with E-state index in [2.05, 4.69) is 37.8 Å². The lowest BCUT2D eigenvalue weighted by Crippen LogP contribution is -2.02. The van der Waals surface area contributed by atoms with E-state index < -0.39 is 0 Å². The number of hydrogen-bond acceptors (Lipinski definition) is 0. The molecule has 0 N–H and O–H groups in total. The van der Waals surface area contributed by atoms with Crippen LogP contribution in [0.15, 0.2) is 48.6 Å². The summed E-state index contributed by atoms with van der Waals surface area (Å²) in [5.41, 5.74) is 1.43. The van der Waals surface area contributed by atoms with Crippen LogP contribution in [-0.2, 0) is 0 Å². The first-order valence-corrected chi connectivity index (χ1v) is 4.54. The van der Waals surface area contributed by atoms with Gasteiger partial charge in [-0.3, -0.25) is 0 Å². The lowest BCUT2D eigenvalue weighted by molar-refractivity contribution is 0.608. The van der Waals surface area contributed by atoms with Crippen LogP contribution in [0.25, 0.3) is 0 Å². The average Bonchev–Trinajstić information content (AvgIpc) is 2.15. The van der Waals surface area contributed by atoms with E-state index in [4.69, 9.17) is 0 Å². The fraction of sp³-hybridized carbons (Fsp3) is 0.333. The number of rotatable bonds is 3. The predicted molar refractivity (Wildman–Crippen MR) is 55.0 cm³/mol. The summed E-state index contributed by atoms with van der Waals surface area (Å²) >= 11 is 0. The van der Waals surface area contributed by atoms with Gasteiger partial charge in [-0.2, -0.15) is 0 Å². The Morgan fingerprint density at radius 1 is 1.67 bits per heavy atom. The number of allylic oxidation sites excluding steroid dienone is 7. The van der Waals surface area contributed by atoms with Crippen LogP contribution >= 0.6 is 0 Å². The Hall–Kier alpha value is -1.04. The molecule has 0 fully saturated rings. The Labute approximate surface area is 75.0 Å². The van der Waals surface area contributed by atoms with Gasteiger partial charge in [0.25, 0.3) is 0 Å². The minimum absolute atomic E-state index is 0.714. The normalized spacial score (nSPS) is 22.8. The van der Waals surface area contributed by atoms with Crippen molar-refractivity contribution in [2.75, 3.05) is 0 Å². The monoisotopic (exact) mass is 160 g/mol. The standard InChI is InChI=1S/C12H16/c1-3-5-8-12-10-7-6-9-11(12)4-2/h3,5-8,10-11H,1,4,9H2,2H3/b8-5-. The average molecular weight is 160 g/mol. The van der Waals surface area contributed by atoms with Gasteiger partial charge in [-0.15, -0.1) is 0 Å². The molecule has 0 spiro atoms. The van der Waals surface area contributed by atoms with E-state index in [1.54, 1.807) is 0 Å². The van der Waals surface area contributed by atoms with Gasteiger partial charge < -0.3 is 0 Å². The molecule has 0 radical (unpaired) electrons. The van der Waals surface area contributed by atoms with Crippen molar-refractivity contribution in [3.63, 3.8) is 0 Å². The van der Waals surface area contributed by atoms with Gasteiger partial charge >= 0.3 is 0 Å². The Morgan fingerprint density at radius 3 is 3.17 bits per heavy atom. The molecular weight excluding hydrogens is 144 g/mol. The second kappa shape index (κ2) is 4.76. The van der Waals surface area contributed by atoms with Gasteiger partial charge in [-0.25, -0.2) is 0 Å². The topological polar surface area (TPSA) is 0 Å². The van der Waals surface area contributed by atoms with Crippen LogP contribution in [0.4, 0.5) is 0 Å². The molecule has 0 saturated heterocycles. The highest BCUT2D eigenvalue weighted by atomic mass is 14.1. The summed E-state index contributed by atoms with van der Waals surface area (Å²) in [5.74, 6) is 0.714. The first-order valence-electron chi connectivity index (χ1n) is 4.54. The zero-order chi connectivity index (χ0) is 8.81. The summed E-state index contributed by atoms with van der Waals surface area (Å²) in [5, 5.41) is 0. The third-order valence-corrected chi connectivity index (χ3v) is 2.23. The third-order valence-electron chi connectivity index (χ3n) is 2.23. The van der Waals surface area contributed by atoms with Crippen LogP contribution in [0, 0.1) is 5.92 Å². The lowest BCUT2D eigenvalue weighted by atomic mass is 9.89. The zero-order valence-corrected chi connectivity index (χ0v) is 7.66. The summed E-state index contributed by atoms with van der Waals surface area (Å²) in [4.78, 5) is 0. The summed E-state index contributed by atoms with van der Waals surface area (Å²) < 4.78 is 0. The van der Waals surface area contributed by atoms with E-state index >= 15 is 0 Å². The molecular formula is C12H16. The van der Waals surface area contributed by atoms with Crippen molar-refractivity contribution >= 4 is 0 Å². The largest absolute Gasteiger partial charge is 0.0991 e. The molecule has 0 bridgehead atoms. The van der Waals surface area contributed by atoms with Crippen molar-refractivity contribution in [2.45, 2.75) is 19.8 Å². The molecule has 0 heterocycles. The third kappa shape index (κ3) is 2.23. The molecule has 1 aliphatic rings. The van der Waals surface area contributed by atoms with Gasteiger partial charge in [0.15, 0.2) is 0 Å². The molecule has 12 heavy (non-hydrogen) atoms. The van der Waals surface area contributed by atoms with E-state index in [-0.39, 0.29) is 0 Å². The van der Waals surface area contributed by atoms with Crippen LogP contribution in [-0.4, -0.2) is 0 Å². The maximum absolute atomic E-state index is 3.66. The summed E-state index contributed by atoms with van der Waals surface area (Å²) in [6.45, 7) is 5.90. The van der Waals surface area contributed by atoms with Crippen molar-refractivity contribution in [2.24, 2.45) is 5.92 Å². The molecule has 1 unspecified atom stereocenters. The van der Waals surface area contributed by atoms with Crippen LogP contribution < -0.4 is 0 Å². The Bertz CT molecular complexity index is 228. The highest BCUT2D eigenvalue weighted by Gasteiger charge is 2.09. The van der Waals surface area contributed by atoms with E-state index in [1.807, 2.05) is 12.2 Å². The van der Waals surface area contributed by atoms with Gasteiger partial charge in [0.05, 0.1) is 0 Å². The first-order chi connectivity index (χ1) is 5.88. The van der Waals surface area contributed by atoms with Gasteiger partial charge in [-0.05, 0) is 24.3 Å². The molecule has 0 saturated carbocycles. The van der Waals surface area contributed by atoms with Crippen molar-refractivity contribution in [1.29, 1.82) is 0 Å². The van der Waals surface area contributed by atoms with E-state index in [0.29, 0.717) is 5.92 Å². The van der Waals surface area contributed by atoms with E-state index in [9.17, 15) is 0 Å². The van der Waals surface area contributed by atoms with Gasteiger partial charge in [0.2, 0.25) is 0 Å². The van der Waals surface area contributed by atoms with E-state index in [0.717, 1.165) is 0 Å². The van der Waals surface area contributed by atoms with Crippen molar-refractivity contribution < 1.29 is 0 Å². The van der Waals surface area contributed by atoms with Gasteiger partial charge in [0.1, 0.15) is 0 Å². The molecule has 1 rings (SSSR count). The number of hydrogen-bond donors (Lipinski definition) is 0. The Kier molecular flexibility index (Phi) is 3.59. The predicted octanol–water partition coefficient (Wildman–Crippen LogP) is 3.64. The van der Waals surface area contributed by atoms with Crippen LogP contribution in [0.3, 0.4) is 0 Å². The van der Waals surface area contributed by atoms with Crippen molar-refractivity contribution in [3.8, 4) is 0 Å². The molecule has 0 aromatic carbocycles. The molecule has 0 nitrogen and oxygen atoms in total. The van der Waals surface area contributed by atoms with Crippen molar-refractivity contribution in [1.82, 2.24) is 0 Å². The fourth-order valence-electron chi connectivity index (χ4n) is 1.47. The highest BCUT2D eigenvalue weighted by Crippen LogP contribution is 2.24. The molecule has 0 aromatic rings. The SMILES string of the molecule is C=C/C=C\C1=CC=CCC1CC. The van der Waals surface area contributed by atoms with Crippen LogP contribution in [0.1, 0.15) is 19.8 Å². The molecule has 1 aliphatic carbocycles. The molecule has 0 heteroatoms. The second-order valence-electron chi connectivity index (χ2n) is 3.03. The molecule has 0 aliphatic heterocycles. The quantitative estimate of drug-likeness (QED) is 0.553. The molecule has 64 valence electrons. The minimum atomic E-state index is 0.714. The molecule has 0 aromatic heterocycles. The smallest absolute Gasteiger partial charge is 0.0130 e. The highest BCUT2D eigenvalue weighted by molar-refractivity contribution is 5.31. The minimum Gasteiger partial charge on any atom is -0.0991 e. The Morgan fingerprint density at radius 2 is 2.50 bits per heavy atom. The first kappa shape index (κ1) is 9.05. The second-order valence-corrected chi connectivity index (χ2v) is 3.03. The van der Waals surface area contributed by atoms with Crippen LogP contribution in [0.2, 0.25) is 0 Å². The van der Waals surface area contributed by atoms with Crippen molar-refractivity contribution in [3.05, 3.63) is 48.6 Å².